The molecule has 1 fully saturated rings. The number of benzene rings is 2. The zero-order valence-corrected chi connectivity index (χ0v) is 20.8. The van der Waals surface area contributed by atoms with Crippen LogP contribution in [0.4, 0.5) is 30.5 Å². The summed E-state index contributed by atoms with van der Waals surface area (Å²) in [7, 11) is -4.95. The molecule has 3 N–H and O–H groups in total. The average Bonchev–Trinajstić information content (AvgIpc) is 3.64. The molecule has 1 aliphatic rings. The van der Waals surface area contributed by atoms with Gasteiger partial charge in [0.05, 0.1) is 29.5 Å². The minimum absolute atomic E-state index is 0.00538. The number of sulfonamides is 1. The number of halogens is 3. The lowest BCUT2D eigenvalue weighted by atomic mass is 10.1. The van der Waals surface area contributed by atoms with Gasteiger partial charge in [-0.1, -0.05) is 18.2 Å². The highest BCUT2D eigenvalue weighted by atomic mass is 32.2. The summed E-state index contributed by atoms with van der Waals surface area (Å²) in [6.45, 7) is 1.67. The molecule has 2 heterocycles. The van der Waals surface area contributed by atoms with Crippen LogP contribution in [-0.2, 0) is 10.0 Å². The Morgan fingerprint density at radius 2 is 1.79 bits per heavy atom. The average molecular weight is 545 g/mol. The maximum atomic E-state index is 13.3. The molecule has 0 saturated heterocycles. The molecule has 0 radical (unpaired) electrons. The van der Waals surface area contributed by atoms with Crippen LogP contribution >= 0.6 is 0 Å². The van der Waals surface area contributed by atoms with Gasteiger partial charge < -0.3 is 10.1 Å². The molecule has 1 saturated carbocycles. The van der Waals surface area contributed by atoms with Crippen LogP contribution in [0.5, 0.6) is 5.75 Å². The Balaban J connectivity index is 1.40. The summed E-state index contributed by atoms with van der Waals surface area (Å²) in [6, 6.07) is 11.6. The van der Waals surface area contributed by atoms with Crippen LogP contribution in [0.15, 0.2) is 60.9 Å². The van der Waals surface area contributed by atoms with Crippen LogP contribution < -0.4 is 14.8 Å². The first kappa shape index (κ1) is 25.5. The van der Waals surface area contributed by atoms with E-state index in [1.165, 1.54) is 42.5 Å². The van der Waals surface area contributed by atoms with Gasteiger partial charge in [-0.3, -0.25) is 14.8 Å². The van der Waals surface area contributed by atoms with Crippen molar-refractivity contribution in [3.63, 3.8) is 0 Å². The van der Waals surface area contributed by atoms with Crippen molar-refractivity contribution in [1.29, 1.82) is 0 Å². The predicted octanol–water partition coefficient (Wildman–Crippen LogP) is 5.73. The highest BCUT2D eigenvalue weighted by Crippen LogP contribution is 2.39. The van der Waals surface area contributed by atoms with Gasteiger partial charge >= 0.3 is 5.76 Å². The van der Waals surface area contributed by atoms with E-state index >= 15 is 0 Å². The summed E-state index contributed by atoms with van der Waals surface area (Å²) >= 11 is 0. The molecule has 5 rings (SSSR count). The molecule has 13 heteroatoms. The highest BCUT2D eigenvalue weighted by Gasteiger charge is 2.26. The van der Waals surface area contributed by atoms with E-state index in [2.05, 4.69) is 25.5 Å². The summed E-state index contributed by atoms with van der Waals surface area (Å²) in [5.74, 6) is -2.61. The van der Waals surface area contributed by atoms with E-state index in [4.69, 9.17) is 4.74 Å². The molecular formula is C25H23F3N6O3S. The largest absolute Gasteiger partial charge is 0.484 e. The smallest absolute Gasteiger partial charge is 0.355 e. The summed E-state index contributed by atoms with van der Waals surface area (Å²) in [5.41, 5.74) is 2.47. The van der Waals surface area contributed by atoms with Crippen molar-refractivity contribution >= 4 is 27.3 Å². The molecule has 2 aromatic heterocycles. The van der Waals surface area contributed by atoms with Gasteiger partial charge in [0.15, 0.2) is 5.82 Å². The van der Waals surface area contributed by atoms with E-state index in [1.807, 2.05) is 4.72 Å². The zero-order valence-electron chi connectivity index (χ0n) is 20.0. The van der Waals surface area contributed by atoms with Gasteiger partial charge in [0.1, 0.15) is 23.5 Å². The van der Waals surface area contributed by atoms with Crippen LogP contribution in [0.1, 0.15) is 43.0 Å². The zero-order chi connectivity index (χ0) is 26.9. The SMILES string of the molecule is C[C@H](Oc1cc(-c2cc(Nc3cnc(C4CC4)cn3)n[nH]2)ccc1NS(=O)(=O)C(F)F)c1ccc(F)cc1. The number of hydrogen-bond acceptors (Lipinski definition) is 7. The van der Waals surface area contributed by atoms with Crippen molar-refractivity contribution in [2.45, 2.75) is 37.5 Å². The van der Waals surface area contributed by atoms with Crippen molar-refractivity contribution in [3.8, 4) is 17.0 Å². The third kappa shape index (κ3) is 5.88. The fraction of sp³-hybridized carbons (Fsp3) is 0.240. The third-order valence-corrected chi connectivity index (χ3v) is 6.90. The van der Waals surface area contributed by atoms with Crippen LogP contribution in [0.25, 0.3) is 11.3 Å². The molecular weight excluding hydrogens is 521 g/mol. The second kappa shape index (κ2) is 10.3. The molecule has 0 aliphatic heterocycles. The first-order valence-corrected chi connectivity index (χ1v) is 13.2. The number of hydrogen-bond donors (Lipinski definition) is 3. The fourth-order valence-electron chi connectivity index (χ4n) is 3.72. The maximum Gasteiger partial charge on any atom is 0.355 e. The van der Waals surface area contributed by atoms with Crippen LogP contribution in [0, 0.1) is 5.82 Å². The number of rotatable bonds is 10. The molecule has 0 spiro atoms. The summed E-state index contributed by atoms with van der Waals surface area (Å²) in [4.78, 5) is 8.77. The van der Waals surface area contributed by atoms with Gasteiger partial charge in [-0.15, -0.1) is 0 Å². The number of aromatic amines is 1. The van der Waals surface area contributed by atoms with Crippen molar-refractivity contribution in [3.05, 3.63) is 78.0 Å². The highest BCUT2D eigenvalue weighted by molar-refractivity contribution is 7.93. The molecule has 0 bridgehead atoms. The van der Waals surface area contributed by atoms with Gasteiger partial charge in [-0.2, -0.15) is 13.9 Å². The van der Waals surface area contributed by atoms with Crippen molar-refractivity contribution in [1.82, 2.24) is 20.2 Å². The van der Waals surface area contributed by atoms with Gasteiger partial charge in [0.2, 0.25) is 0 Å². The molecule has 38 heavy (non-hydrogen) atoms. The van der Waals surface area contributed by atoms with E-state index in [1.54, 1.807) is 25.4 Å². The normalized spacial score (nSPS) is 14.3. The molecule has 0 unspecified atom stereocenters. The van der Waals surface area contributed by atoms with Crippen molar-refractivity contribution in [2.75, 3.05) is 10.0 Å². The van der Waals surface area contributed by atoms with Gasteiger partial charge in [0.25, 0.3) is 10.0 Å². The summed E-state index contributed by atoms with van der Waals surface area (Å²) in [5, 5.41) is 10.1. The Morgan fingerprint density at radius 1 is 1.03 bits per heavy atom. The second-order valence-electron chi connectivity index (χ2n) is 8.82. The molecule has 2 aromatic carbocycles. The third-order valence-electron chi connectivity index (χ3n) is 5.92. The number of aromatic nitrogens is 4. The fourth-order valence-corrected chi connectivity index (χ4v) is 4.28. The van der Waals surface area contributed by atoms with E-state index < -0.39 is 27.7 Å². The van der Waals surface area contributed by atoms with Crippen LogP contribution in [0.2, 0.25) is 0 Å². The number of H-pyrrole nitrogens is 1. The molecule has 1 aliphatic carbocycles. The van der Waals surface area contributed by atoms with Gasteiger partial charge in [0, 0.05) is 17.5 Å². The van der Waals surface area contributed by atoms with Crippen molar-refractivity contribution < 1.29 is 26.3 Å². The van der Waals surface area contributed by atoms with Gasteiger partial charge in [-0.25, -0.2) is 17.8 Å². The lowest BCUT2D eigenvalue weighted by Gasteiger charge is -2.19. The first-order chi connectivity index (χ1) is 18.2. The molecule has 9 nitrogen and oxygen atoms in total. The van der Waals surface area contributed by atoms with E-state index in [0.29, 0.717) is 34.4 Å². The number of anilines is 3. The first-order valence-electron chi connectivity index (χ1n) is 11.7. The number of ether oxygens (including phenoxy) is 1. The van der Waals surface area contributed by atoms with E-state index in [-0.39, 0.29) is 11.4 Å². The standard InChI is InChI=1S/C25H23F3N6O3S/c1-14(15-4-7-18(26)8-5-15)37-22-10-17(6-9-19(22)34-38(35,36)25(27)28)20-11-23(33-32-20)31-24-13-29-21(12-30-24)16-2-3-16/h4-14,16,25,34H,2-3H2,1H3,(H2,30,31,32,33)/t14-/m0/s1. The van der Waals surface area contributed by atoms with E-state index in [9.17, 15) is 21.6 Å². The topological polar surface area (TPSA) is 122 Å². The Bertz CT molecular complexity index is 1520. The van der Waals surface area contributed by atoms with Crippen LogP contribution in [0.3, 0.4) is 0 Å². The number of nitrogens with zero attached hydrogens (tertiary/aromatic N) is 3. The van der Waals surface area contributed by atoms with Gasteiger partial charge in [-0.05, 0) is 49.6 Å². The molecule has 4 aromatic rings. The molecule has 0 amide bonds. The molecule has 198 valence electrons. The molecule has 1 atom stereocenters. The Labute approximate surface area is 216 Å². The van der Waals surface area contributed by atoms with Crippen molar-refractivity contribution in [2.24, 2.45) is 0 Å². The second-order valence-corrected chi connectivity index (χ2v) is 10.5. The maximum absolute atomic E-state index is 13.3. The summed E-state index contributed by atoms with van der Waals surface area (Å²) < 4.78 is 70.9. The Morgan fingerprint density at radius 3 is 2.45 bits per heavy atom. The summed E-state index contributed by atoms with van der Waals surface area (Å²) in [6.07, 6.45) is 4.96. The monoisotopic (exact) mass is 544 g/mol. The Hall–Kier alpha value is -4.13. The minimum Gasteiger partial charge on any atom is -0.484 e. The van der Waals surface area contributed by atoms with Crippen LogP contribution in [-0.4, -0.2) is 34.3 Å². The number of alkyl halides is 2. The quantitative estimate of drug-likeness (QED) is 0.233. The number of nitrogens with one attached hydrogen (secondary N) is 3. The minimum atomic E-state index is -4.95. The van der Waals surface area contributed by atoms with E-state index in [0.717, 1.165) is 18.5 Å². The lowest BCUT2D eigenvalue weighted by Crippen LogP contribution is -2.21. The lowest BCUT2D eigenvalue weighted by molar-refractivity contribution is 0.228. The predicted molar refractivity (Wildman–Crippen MR) is 135 cm³/mol. The Kier molecular flexibility index (Phi) is 6.93.